The largest absolute Gasteiger partial charge is 0.468 e. The predicted octanol–water partition coefficient (Wildman–Crippen LogP) is 0.696. The molecule has 0 aromatic rings. The molecule has 1 heterocycles. The fourth-order valence-corrected chi connectivity index (χ4v) is 3.57. The molecule has 0 amide bonds. The number of rotatable bonds is 3. The predicted molar refractivity (Wildman–Crippen MR) is 59.1 cm³/mol. The lowest BCUT2D eigenvalue weighted by atomic mass is 10.1. The van der Waals surface area contributed by atoms with Crippen molar-refractivity contribution in [1.29, 1.82) is 0 Å². The van der Waals surface area contributed by atoms with Crippen molar-refractivity contribution in [3.63, 3.8) is 0 Å². The van der Waals surface area contributed by atoms with E-state index in [0.29, 0.717) is 13.0 Å². The van der Waals surface area contributed by atoms with Crippen LogP contribution < -0.4 is 0 Å². The lowest BCUT2D eigenvalue weighted by Crippen LogP contribution is -2.48. The number of alkyl halides is 1. The van der Waals surface area contributed by atoms with Crippen molar-refractivity contribution < 1.29 is 17.9 Å². The number of esters is 1. The molecule has 0 saturated carbocycles. The molecule has 0 bridgehead atoms. The summed E-state index contributed by atoms with van der Waals surface area (Å²) in [6, 6.07) is -0.647. The molecule has 15 heavy (non-hydrogen) atoms. The summed E-state index contributed by atoms with van der Waals surface area (Å²) in [5.74, 6) is -0.473. The zero-order valence-electron chi connectivity index (χ0n) is 8.48. The van der Waals surface area contributed by atoms with Gasteiger partial charge in [-0.1, -0.05) is 15.9 Å². The Labute approximate surface area is 98.0 Å². The second-order valence-electron chi connectivity index (χ2n) is 3.37. The van der Waals surface area contributed by atoms with Gasteiger partial charge < -0.3 is 4.74 Å². The van der Waals surface area contributed by atoms with Gasteiger partial charge in [-0.15, -0.1) is 0 Å². The number of piperidine rings is 1. The number of hydrogen-bond acceptors (Lipinski definition) is 4. The average molecular weight is 300 g/mol. The molecule has 0 aliphatic carbocycles. The number of nitrogens with zero attached hydrogens (tertiary/aromatic N) is 1. The Bertz CT molecular complexity index is 330. The quantitative estimate of drug-likeness (QED) is 0.568. The average Bonchev–Trinajstić information content (AvgIpc) is 2.28. The van der Waals surface area contributed by atoms with Crippen LogP contribution in [0.25, 0.3) is 0 Å². The van der Waals surface area contributed by atoms with E-state index < -0.39 is 22.0 Å². The highest BCUT2D eigenvalue weighted by Crippen LogP contribution is 2.22. The molecule has 1 atom stereocenters. The third-order valence-corrected chi connectivity index (χ3v) is 5.59. The van der Waals surface area contributed by atoms with Crippen LogP contribution >= 0.6 is 15.9 Å². The van der Waals surface area contributed by atoms with Crippen LogP contribution in [0.15, 0.2) is 0 Å². The molecule has 0 aromatic heterocycles. The summed E-state index contributed by atoms with van der Waals surface area (Å²) >= 11 is 2.92. The number of methoxy groups -OCH3 is 1. The van der Waals surface area contributed by atoms with E-state index in [-0.39, 0.29) is 4.66 Å². The van der Waals surface area contributed by atoms with Gasteiger partial charge >= 0.3 is 5.97 Å². The Morgan fingerprint density at radius 1 is 1.53 bits per heavy atom. The first kappa shape index (κ1) is 12.9. The second-order valence-corrected chi connectivity index (χ2v) is 6.59. The summed E-state index contributed by atoms with van der Waals surface area (Å²) in [5, 5.41) is 0. The molecule has 7 heteroatoms. The highest BCUT2D eigenvalue weighted by Gasteiger charge is 2.36. The standard InChI is InChI=1S/C8H14BrNO4S/c1-14-8(11)7-4-2-3-5-10(7)15(12,13)6-9/h7H,2-6H2,1H3. The number of carbonyl (C=O) groups excluding carboxylic acids is 1. The minimum Gasteiger partial charge on any atom is -0.468 e. The van der Waals surface area contributed by atoms with E-state index in [1.165, 1.54) is 11.4 Å². The molecule has 1 unspecified atom stereocenters. The summed E-state index contributed by atoms with van der Waals surface area (Å²) in [5.41, 5.74) is 0. The van der Waals surface area contributed by atoms with E-state index in [9.17, 15) is 13.2 Å². The number of halogens is 1. The molecule has 0 radical (unpaired) electrons. The van der Waals surface area contributed by atoms with E-state index in [1.807, 2.05) is 0 Å². The van der Waals surface area contributed by atoms with Gasteiger partial charge in [0.1, 0.15) is 10.7 Å². The molecule has 0 aromatic carbocycles. The van der Waals surface area contributed by atoms with Crippen LogP contribution in [0.1, 0.15) is 19.3 Å². The van der Waals surface area contributed by atoms with Crippen molar-refractivity contribution in [3.05, 3.63) is 0 Å². The maximum absolute atomic E-state index is 11.7. The summed E-state index contributed by atoms with van der Waals surface area (Å²) in [7, 11) is -2.10. The van der Waals surface area contributed by atoms with Crippen LogP contribution in [0, 0.1) is 0 Å². The Kier molecular flexibility index (Phi) is 4.54. The summed E-state index contributed by atoms with van der Waals surface area (Å²) < 4.78 is 29.0. The maximum Gasteiger partial charge on any atom is 0.324 e. The zero-order chi connectivity index (χ0) is 11.5. The van der Waals surface area contributed by atoms with E-state index >= 15 is 0 Å². The topological polar surface area (TPSA) is 63.7 Å². The highest BCUT2D eigenvalue weighted by molar-refractivity contribution is 9.10. The Balaban J connectivity index is 2.88. The third kappa shape index (κ3) is 2.92. The van der Waals surface area contributed by atoms with E-state index in [1.54, 1.807) is 0 Å². The van der Waals surface area contributed by atoms with Gasteiger partial charge in [-0.05, 0) is 19.3 Å². The van der Waals surface area contributed by atoms with Crippen LogP contribution in [-0.4, -0.2) is 43.1 Å². The third-order valence-electron chi connectivity index (χ3n) is 2.42. The van der Waals surface area contributed by atoms with Crippen molar-refractivity contribution in [1.82, 2.24) is 4.31 Å². The smallest absolute Gasteiger partial charge is 0.324 e. The number of carbonyl (C=O) groups is 1. The first-order chi connectivity index (χ1) is 7.03. The van der Waals surface area contributed by atoms with Gasteiger partial charge in [0.15, 0.2) is 0 Å². The molecule has 0 N–H and O–H groups in total. The van der Waals surface area contributed by atoms with E-state index in [0.717, 1.165) is 12.8 Å². The zero-order valence-corrected chi connectivity index (χ0v) is 10.9. The first-order valence-electron chi connectivity index (χ1n) is 4.66. The normalized spacial score (nSPS) is 23.7. The minimum atomic E-state index is -3.38. The SMILES string of the molecule is COC(=O)C1CCCCN1S(=O)(=O)CBr. The van der Waals surface area contributed by atoms with Gasteiger partial charge in [0.2, 0.25) is 10.0 Å². The maximum atomic E-state index is 11.7. The van der Waals surface area contributed by atoms with Crippen molar-refractivity contribution >= 4 is 31.9 Å². The van der Waals surface area contributed by atoms with Gasteiger partial charge in [-0.2, -0.15) is 4.31 Å². The van der Waals surface area contributed by atoms with Crippen LogP contribution in [-0.2, 0) is 19.6 Å². The molecule has 0 spiro atoms. The van der Waals surface area contributed by atoms with Gasteiger partial charge in [0.25, 0.3) is 0 Å². The van der Waals surface area contributed by atoms with E-state index in [4.69, 9.17) is 0 Å². The number of hydrogen-bond donors (Lipinski definition) is 0. The second kappa shape index (κ2) is 5.27. The molecule has 1 aliphatic rings. The molecule has 1 fully saturated rings. The fourth-order valence-electron chi connectivity index (χ4n) is 1.67. The Morgan fingerprint density at radius 2 is 2.20 bits per heavy atom. The van der Waals surface area contributed by atoms with Gasteiger partial charge in [0.05, 0.1) is 7.11 Å². The van der Waals surface area contributed by atoms with Crippen LogP contribution in [0.3, 0.4) is 0 Å². The monoisotopic (exact) mass is 299 g/mol. The summed E-state index contributed by atoms with van der Waals surface area (Å²) in [6.45, 7) is 0.397. The van der Waals surface area contributed by atoms with Crippen LogP contribution in [0.4, 0.5) is 0 Å². The van der Waals surface area contributed by atoms with E-state index in [2.05, 4.69) is 20.7 Å². The molecule has 5 nitrogen and oxygen atoms in total. The highest BCUT2D eigenvalue weighted by atomic mass is 79.9. The summed E-state index contributed by atoms with van der Waals surface area (Å²) in [6.07, 6.45) is 2.19. The van der Waals surface area contributed by atoms with Crippen molar-refractivity contribution in [2.45, 2.75) is 25.3 Å². The first-order valence-corrected chi connectivity index (χ1v) is 7.39. The van der Waals surface area contributed by atoms with Crippen LogP contribution in [0.2, 0.25) is 0 Å². The van der Waals surface area contributed by atoms with Crippen molar-refractivity contribution in [2.24, 2.45) is 0 Å². The Hall–Kier alpha value is -0.140. The van der Waals surface area contributed by atoms with Crippen molar-refractivity contribution in [2.75, 3.05) is 18.3 Å². The van der Waals surface area contributed by atoms with Gasteiger partial charge in [-0.25, -0.2) is 8.42 Å². The molecule has 1 aliphatic heterocycles. The molecule has 1 saturated heterocycles. The molecular weight excluding hydrogens is 286 g/mol. The minimum absolute atomic E-state index is 0.159. The van der Waals surface area contributed by atoms with Gasteiger partial charge in [0, 0.05) is 6.54 Å². The number of sulfonamides is 1. The van der Waals surface area contributed by atoms with Gasteiger partial charge in [-0.3, -0.25) is 4.79 Å². The fraction of sp³-hybridized carbons (Fsp3) is 0.875. The lowest BCUT2D eigenvalue weighted by Gasteiger charge is -2.31. The van der Waals surface area contributed by atoms with Crippen LogP contribution in [0.5, 0.6) is 0 Å². The Morgan fingerprint density at radius 3 is 2.73 bits per heavy atom. The summed E-state index contributed by atoms with van der Waals surface area (Å²) in [4.78, 5) is 11.4. The van der Waals surface area contributed by atoms with Crippen molar-refractivity contribution in [3.8, 4) is 0 Å². The molecule has 88 valence electrons. The molecule has 1 rings (SSSR count). The number of ether oxygens (including phenoxy) is 1. The molecular formula is C8H14BrNO4S. The lowest BCUT2D eigenvalue weighted by molar-refractivity contribution is -0.146.